The number of imidazole rings is 1. The first-order valence-electron chi connectivity index (χ1n) is 8.32. The summed E-state index contributed by atoms with van der Waals surface area (Å²) in [6.45, 7) is 7.01. The zero-order chi connectivity index (χ0) is 14.9. The third-order valence-corrected chi connectivity index (χ3v) is 4.04. The lowest BCUT2D eigenvalue weighted by Crippen LogP contribution is -2.42. The van der Waals surface area contributed by atoms with Gasteiger partial charge in [-0.25, -0.2) is 4.98 Å². The van der Waals surface area contributed by atoms with E-state index in [2.05, 4.69) is 32.1 Å². The highest BCUT2D eigenvalue weighted by atomic mass is 127. The Morgan fingerprint density at radius 2 is 2.14 bits per heavy atom. The summed E-state index contributed by atoms with van der Waals surface area (Å²) >= 11 is 0. The smallest absolute Gasteiger partial charge is 0.191 e. The molecule has 1 saturated carbocycles. The number of aromatic nitrogens is 2. The van der Waals surface area contributed by atoms with Gasteiger partial charge in [0.25, 0.3) is 0 Å². The average molecular weight is 419 g/mol. The molecule has 0 amide bonds. The van der Waals surface area contributed by atoms with Gasteiger partial charge in [0.15, 0.2) is 5.96 Å². The van der Waals surface area contributed by atoms with Crippen LogP contribution in [0.4, 0.5) is 0 Å². The second-order valence-electron chi connectivity index (χ2n) is 5.76. The molecule has 1 aliphatic rings. The van der Waals surface area contributed by atoms with Crippen LogP contribution in [0.25, 0.3) is 0 Å². The van der Waals surface area contributed by atoms with E-state index in [1.807, 2.05) is 19.3 Å². The highest BCUT2D eigenvalue weighted by molar-refractivity contribution is 14.0. The van der Waals surface area contributed by atoms with E-state index in [9.17, 15) is 0 Å². The zero-order valence-electron chi connectivity index (χ0n) is 13.8. The second kappa shape index (κ2) is 10.9. The van der Waals surface area contributed by atoms with Crippen LogP contribution in [0.5, 0.6) is 0 Å². The quantitative estimate of drug-likeness (QED) is 0.309. The molecular weight excluding hydrogens is 389 g/mol. The number of aryl methyl sites for hydroxylation is 2. The molecule has 6 heteroatoms. The molecule has 0 bridgehead atoms. The minimum atomic E-state index is 0. The van der Waals surface area contributed by atoms with Gasteiger partial charge < -0.3 is 15.2 Å². The summed E-state index contributed by atoms with van der Waals surface area (Å²) in [5, 5.41) is 6.90. The minimum Gasteiger partial charge on any atom is -0.357 e. The van der Waals surface area contributed by atoms with Crippen molar-refractivity contribution in [2.45, 2.75) is 65.0 Å². The van der Waals surface area contributed by atoms with Gasteiger partial charge in [-0.05, 0) is 39.5 Å². The van der Waals surface area contributed by atoms with Crippen LogP contribution in [0.3, 0.4) is 0 Å². The predicted octanol–water partition coefficient (Wildman–Crippen LogP) is 3.09. The first kappa shape index (κ1) is 19.3. The Bertz CT molecular complexity index is 437. The van der Waals surface area contributed by atoms with Gasteiger partial charge in [-0.2, -0.15) is 0 Å². The fourth-order valence-electron chi connectivity index (χ4n) is 2.81. The van der Waals surface area contributed by atoms with Crippen LogP contribution < -0.4 is 10.6 Å². The third kappa shape index (κ3) is 6.54. The summed E-state index contributed by atoms with van der Waals surface area (Å²) in [6.07, 6.45) is 11.4. The third-order valence-electron chi connectivity index (χ3n) is 4.04. The van der Waals surface area contributed by atoms with E-state index >= 15 is 0 Å². The van der Waals surface area contributed by atoms with E-state index in [4.69, 9.17) is 0 Å². The molecule has 22 heavy (non-hydrogen) atoms. The molecule has 126 valence electrons. The average Bonchev–Trinajstić information content (AvgIpc) is 3.11. The van der Waals surface area contributed by atoms with Crippen LogP contribution in [0.15, 0.2) is 17.4 Å². The van der Waals surface area contributed by atoms with E-state index in [1.165, 1.54) is 25.7 Å². The first-order chi connectivity index (χ1) is 10.3. The Morgan fingerprint density at radius 1 is 1.36 bits per heavy atom. The van der Waals surface area contributed by atoms with Gasteiger partial charge in [0.2, 0.25) is 0 Å². The van der Waals surface area contributed by atoms with Crippen molar-refractivity contribution in [2.75, 3.05) is 13.1 Å². The van der Waals surface area contributed by atoms with Crippen molar-refractivity contribution in [3.05, 3.63) is 18.2 Å². The lowest BCUT2D eigenvalue weighted by Gasteiger charge is -2.16. The maximum Gasteiger partial charge on any atom is 0.191 e. The fraction of sp³-hybridized carbons (Fsp3) is 0.750. The molecule has 1 aliphatic carbocycles. The Balaban J connectivity index is 0.00000242. The van der Waals surface area contributed by atoms with Gasteiger partial charge in [-0.1, -0.05) is 12.8 Å². The van der Waals surface area contributed by atoms with Crippen LogP contribution >= 0.6 is 24.0 Å². The molecule has 1 fully saturated rings. The summed E-state index contributed by atoms with van der Waals surface area (Å²) in [5.41, 5.74) is 0. The summed E-state index contributed by atoms with van der Waals surface area (Å²) < 4.78 is 2.20. The number of unbranched alkanes of at least 4 members (excludes halogenated alkanes) is 1. The highest BCUT2D eigenvalue weighted by Crippen LogP contribution is 2.17. The normalized spacial score (nSPS) is 15.6. The molecule has 2 N–H and O–H groups in total. The molecule has 2 rings (SSSR count). The minimum absolute atomic E-state index is 0. The molecular formula is C16H30IN5. The van der Waals surface area contributed by atoms with Gasteiger partial charge in [-0.3, -0.25) is 4.99 Å². The molecule has 0 unspecified atom stereocenters. The van der Waals surface area contributed by atoms with Crippen molar-refractivity contribution in [1.82, 2.24) is 20.2 Å². The van der Waals surface area contributed by atoms with E-state index in [1.54, 1.807) is 0 Å². The lowest BCUT2D eigenvalue weighted by molar-refractivity contribution is 0.593. The SMILES string of the molecule is CCNC(=NCCCCn1ccnc1C)NC1CCCC1.I. The van der Waals surface area contributed by atoms with E-state index in [0.29, 0.717) is 6.04 Å². The molecule has 0 spiro atoms. The summed E-state index contributed by atoms with van der Waals surface area (Å²) in [5.74, 6) is 2.08. The number of nitrogens with one attached hydrogen (secondary N) is 2. The Hall–Kier alpha value is -0.790. The molecule has 1 aromatic rings. The highest BCUT2D eigenvalue weighted by Gasteiger charge is 2.15. The van der Waals surface area contributed by atoms with Gasteiger partial charge in [0, 0.05) is 38.1 Å². The zero-order valence-corrected chi connectivity index (χ0v) is 16.2. The van der Waals surface area contributed by atoms with Crippen LogP contribution in [0, 0.1) is 6.92 Å². The number of guanidine groups is 1. The Kier molecular flexibility index (Phi) is 9.50. The van der Waals surface area contributed by atoms with Crippen molar-refractivity contribution in [3.8, 4) is 0 Å². The number of nitrogens with zero attached hydrogens (tertiary/aromatic N) is 3. The maximum absolute atomic E-state index is 4.69. The topological polar surface area (TPSA) is 54.2 Å². The first-order valence-corrected chi connectivity index (χ1v) is 8.32. The van der Waals surface area contributed by atoms with Gasteiger partial charge >= 0.3 is 0 Å². The lowest BCUT2D eigenvalue weighted by atomic mass is 10.2. The summed E-state index contributed by atoms with van der Waals surface area (Å²) in [4.78, 5) is 8.93. The van der Waals surface area contributed by atoms with Crippen LogP contribution in [-0.2, 0) is 6.54 Å². The number of hydrogen-bond acceptors (Lipinski definition) is 2. The van der Waals surface area contributed by atoms with Crippen LogP contribution in [0.1, 0.15) is 51.3 Å². The van der Waals surface area contributed by atoms with Crippen LogP contribution in [0.2, 0.25) is 0 Å². The van der Waals surface area contributed by atoms with E-state index < -0.39 is 0 Å². The van der Waals surface area contributed by atoms with Crippen molar-refractivity contribution >= 4 is 29.9 Å². The Morgan fingerprint density at radius 3 is 2.77 bits per heavy atom. The largest absolute Gasteiger partial charge is 0.357 e. The van der Waals surface area contributed by atoms with Crippen LogP contribution in [-0.4, -0.2) is 34.6 Å². The Labute approximate surface area is 151 Å². The summed E-state index contributed by atoms with van der Waals surface area (Å²) in [7, 11) is 0. The standard InChI is InChI=1S/C16H29N5.HI/c1-3-17-16(20-15-8-4-5-9-15)19-10-6-7-12-21-13-11-18-14(21)2;/h11,13,15H,3-10,12H2,1-2H3,(H2,17,19,20);1H. The van der Waals surface area contributed by atoms with E-state index in [-0.39, 0.29) is 24.0 Å². The molecule has 0 aliphatic heterocycles. The molecule has 1 aromatic heterocycles. The second-order valence-corrected chi connectivity index (χ2v) is 5.76. The number of halogens is 1. The molecule has 5 nitrogen and oxygen atoms in total. The van der Waals surface area contributed by atoms with E-state index in [0.717, 1.165) is 44.3 Å². The number of hydrogen-bond donors (Lipinski definition) is 2. The molecule has 1 heterocycles. The molecule has 0 atom stereocenters. The fourth-order valence-corrected chi connectivity index (χ4v) is 2.81. The monoisotopic (exact) mass is 419 g/mol. The number of aliphatic imine (C=N–C) groups is 1. The molecule has 0 saturated heterocycles. The molecule has 0 aromatic carbocycles. The van der Waals surface area contributed by atoms with Gasteiger partial charge in [0.05, 0.1) is 0 Å². The van der Waals surface area contributed by atoms with Crippen molar-refractivity contribution in [1.29, 1.82) is 0 Å². The summed E-state index contributed by atoms with van der Waals surface area (Å²) in [6, 6.07) is 0.622. The van der Waals surface area contributed by atoms with Crippen molar-refractivity contribution < 1.29 is 0 Å². The van der Waals surface area contributed by atoms with Gasteiger partial charge in [0.1, 0.15) is 5.82 Å². The number of rotatable bonds is 7. The van der Waals surface area contributed by atoms with Gasteiger partial charge in [-0.15, -0.1) is 24.0 Å². The van der Waals surface area contributed by atoms with Crippen molar-refractivity contribution in [3.63, 3.8) is 0 Å². The van der Waals surface area contributed by atoms with Crippen molar-refractivity contribution in [2.24, 2.45) is 4.99 Å². The maximum atomic E-state index is 4.69. The molecule has 0 radical (unpaired) electrons. The predicted molar refractivity (Wildman–Crippen MR) is 103 cm³/mol.